The lowest BCUT2D eigenvalue weighted by Crippen LogP contribution is -2.41. The van der Waals surface area contributed by atoms with Gasteiger partial charge < -0.3 is 11.1 Å². The Bertz CT molecular complexity index is 1170. The van der Waals surface area contributed by atoms with E-state index in [-0.39, 0.29) is 11.8 Å². The summed E-state index contributed by atoms with van der Waals surface area (Å²) < 4.78 is 14.9. The van der Waals surface area contributed by atoms with E-state index in [0.717, 1.165) is 22.3 Å². The molecule has 0 aliphatic carbocycles. The minimum absolute atomic E-state index is 0.332. The third-order valence-electron chi connectivity index (χ3n) is 5.53. The number of aromatic nitrogens is 1. The SMILES string of the molecule is Cc1cnccc1-c1ccc(NC(=O)C(N)C(c2ccccc2)c2ccccc2)cc1F. The minimum atomic E-state index is -0.857. The Morgan fingerprint density at radius 2 is 1.53 bits per heavy atom. The molecule has 1 amide bonds. The fourth-order valence-electron chi connectivity index (χ4n) is 3.89. The van der Waals surface area contributed by atoms with Crippen molar-refractivity contribution in [1.29, 1.82) is 0 Å². The van der Waals surface area contributed by atoms with Crippen LogP contribution in [0.5, 0.6) is 0 Å². The molecule has 4 aromatic rings. The number of amides is 1. The molecular weight excluding hydrogens is 401 g/mol. The second-order valence-electron chi connectivity index (χ2n) is 7.70. The van der Waals surface area contributed by atoms with Crippen molar-refractivity contribution in [2.24, 2.45) is 5.73 Å². The summed E-state index contributed by atoms with van der Waals surface area (Å²) in [7, 11) is 0. The topological polar surface area (TPSA) is 68.0 Å². The Hall–Kier alpha value is -3.83. The number of anilines is 1. The zero-order valence-electron chi connectivity index (χ0n) is 17.7. The summed E-state index contributed by atoms with van der Waals surface area (Å²) in [5.41, 5.74) is 10.8. The van der Waals surface area contributed by atoms with Gasteiger partial charge in [0.05, 0.1) is 6.04 Å². The lowest BCUT2D eigenvalue weighted by Gasteiger charge is -2.24. The minimum Gasteiger partial charge on any atom is -0.325 e. The molecule has 3 aromatic carbocycles. The maximum absolute atomic E-state index is 14.9. The van der Waals surface area contributed by atoms with Crippen molar-refractivity contribution in [2.75, 3.05) is 5.32 Å². The molecule has 1 unspecified atom stereocenters. The Morgan fingerprint density at radius 1 is 0.906 bits per heavy atom. The number of halogens is 1. The van der Waals surface area contributed by atoms with Crippen molar-refractivity contribution in [3.63, 3.8) is 0 Å². The van der Waals surface area contributed by atoms with Crippen LogP contribution in [0.25, 0.3) is 11.1 Å². The average Bonchev–Trinajstić information content (AvgIpc) is 2.81. The van der Waals surface area contributed by atoms with E-state index in [1.165, 1.54) is 6.07 Å². The molecular formula is C27H24FN3O. The van der Waals surface area contributed by atoms with Crippen LogP contribution >= 0.6 is 0 Å². The molecule has 1 aromatic heterocycles. The molecule has 0 saturated heterocycles. The fourth-order valence-corrected chi connectivity index (χ4v) is 3.89. The molecule has 3 N–H and O–H groups in total. The van der Waals surface area contributed by atoms with Gasteiger partial charge in [-0.15, -0.1) is 0 Å². The number of nitrogens with one attached hydrogen (secondary N) is 1. The third kappa shape index (κ3) is 4.58. The Balaban J connectivity index is 1.58. The first-order chi connectivity index (χ1) is 15.5. The number of aryl methyl sites for hydroxylation is 1. The van der Waals surface area contributed by atoms with Gasteiger partial charge in [-0.2, -0.15) is 0 Å². The van der Waals surface area contributed by atoms with Gasteiger partial charge in [-0.05, 0) is 53.4 Å². The van der Waals surface area contributed by atoms with Crippen LogP contribution < -0.4 is 11.1 Å². The predicted octanol–water partition coefficient (Wildman–Crippen LogP) is 5.29. The van der Waals surface area contributed by atoms with E-state index >= 15 is 0 Å². The van der Waals surface area contributed by atoms with Crippen molar-refractivity contribution in [3.8, 4) is 11.1 Å². The number of benzene rings is 3. The number of rotatable bonds is 6. The molecule has 0 spiro atoms. The van der Waals surface area contributed by atoms with Gasteiger partial charge in [0, 0.05) is 29.6 Å². The Labute approximate surface area is 186 Å². The first kappa shape index (κ1) is 21.4. The highest BCUT2D eigenvalue weighted by Gasteiger charge is 2.28. The van der Waals surface area contributed by atoms with Crippen molar-refractivity contribution in [1.82, 2.24) is 4.98 Å². The number of pyridine rings is 1. The smallest absolute Gasteiger partial charge is 0.242 e. The quantitative estimate of drug-likeness (QED) is 0.441. The zero-order valence-corrected chi connectivity index (χ0v) is 17.7. The second-order valence-corrected chi connectivity index (χ2v) is 7.70. The monoisotopic (exact) mass is 425 g/mol. The van der Waals surface area contributed by atoms with Crippen molar-refractivity contribution < 1.29 is 9.18 Å². The molecule has 1 atom stereocenters. The highest BCUT2D eigenvalue weighted by Crippen LogP contribution is 2.30. The molecule has 160 valence electrons. The van der Waals surface area contributed by atoms with E-state index in [9.17, 15) is 9.18 Å². The second kappa shape index (κ2) is 9.54. The molecule has 0 aliphatic rings. The summed E-state index contributed by atoms with van der Waals surface area (Å²) in [5, 5.41) is 2.78. The maximum atomic E-state index is 14.9. The fraction of sp³-hybridized carbons (Fsp3) is 0.111. The lowest BCUT2D eigenvalue weighted by atomic mass is 9.85. The number of hydrogen-bond acceptors (Lipinski definition) is 3. The van der Waals surface area contributed by atoms with Gasteiger partial charge in [-0.25, -0.2) is 4.39 Å². The van der Waals surface area contributed by atoms with Crippen LogP contribution in [0.2, 0.25) is 0 Å². The van der Waals surface area contributed by atoms with E-state index in [1.807, 2.05) is 67.6 Å². The van der Waals surface area contributed by atoms with Gasteiger partial charge in [0.2, 0.25) is 5.91 Å². The van der Waals surface area contributed by atoms with Crippen LogP contribution in [0.15, 0.2) is 97.3 Å². The number of hydrogen-bond donors (Lipinski definition) is 2. The number of carbonyl (C=O) groups is 1. The third-order valence-corrected chi connectivity index (χ3v) is 5.53. The molecule has 4 rings (SSSR count). The zero-order chi connectivity index (χ0) is 22.5. The molecule has 32 heavy (non-hydrogen) atoms. The number of nitrogens with two attached hydrogens (primary N) is 1. The highest BCUT2D eigenvalue weighted by molar-refractivity contribution is 5.96. The summed E-state index contributed by atoms with van der Waals surface area (Å²) in [6.07, 6.45) is 3.32. The van der Waals surface area contributed by atoms with Crippen LogP contribution in [0.3, 0.4) is 0 Å². The first-order valence-corrected chi connectivity index (χ1v) is 10.4. The van der Waals surface area contributed by atoms with Gasteiger partial charge in [0.15, 0.2) is 0 Å². The van der Waals surface area contributed by atoms with Gasteiger partial charge in [-0.1, -0.05) is 60.7 Å². The van der Waals surface area contributed by atoms with Crippen molar-refractivity contribution >= 4 is 11.6 Å². The van der Waals surface area contributed by atoms with E-state index in [2.05, 4.69) is 10.3 Å². The number of nitrogens with zero attached hydrogens (tertiary/aromatic N) is 1. The van der Waals surface area contributed by atoms with Crippen LogP contribution in [0.4, 0.5) is 10.1 Å². The number of carbonyl (C=O) groups excluding carboxylic acids is 1. The predicted molar refractivity (Wildman–Crippen MR) is 126 cm³/mol. The maximum Gasteiger partial charge on any atom is 0.242 e. The van der Waals surface area contributed by atoms with Crippen LogP contribution in [0.1, 0.15) is 22.6 Å². The van der Waals surface area contributed by atoms with Crippen molar-refractivity contribution in [2.45, 2.75) is 18.9 Å². The van der Waals surface area contributed by atoms with Crippen molar-refractivity contribution in [3.05, 3.63) is 120 Å². The normalized spacial score (nSPS) is 11.9. The standard InChI is InChI=1S/C27H24FN3O/c1-18-17-30-15-14-22(18)23-13-12-21(16-24(23)28)31-27(32)26(29)25(19-8-4-2-5-9-19)20-10-6-3-7-11-20/h2-17,25-26H,29H2,1H3,(H,31,32). The van der Waals surface area contributed by atoms with E-state index < -0.39 is 11.9 Å². The van der Waals surface area contributed by atoms with E-state index in [0.29, 0.717) is 11.3 Å². The average molecular weight is 426 g/mol. The molecule has 0 fully saturated rings. The summed E-state index contributed by atoms with van der Waals surface area (Å²) in [4.78, 5) is 17.1. The molecule has 1 heterocycles. The molecule has 0 saturated carbocycles. The molecule has 4 nitrogen and oxygen atoms in total. The molecule has 0 radical (unpaired) electrons. The van der Waals surface area contributed by atoms with Crippen LogP contribution in [-0.4, -0.2) is 16.9 Å². The largest absolute Gasteiger partial charge is 0.325 e. The summed E-state index contributed by atoms with van der Waals surface area (Å²) in [5.74, 6) is -1.13. The van der Waals surface area contributed by atoms with E-state index in [4.69, 9.17) is 5.73 Å². The van der Waals surface area contributed by atoms with Gasteiger partial charge >= 0.3 is 0 Å². The van der Waals surface area contributed by atoms with Crippen LogP contribution in [0, 0.1) is 12.7 Å². The molecule has 0 bridgehead atoms. The van der Waals surface area contributed by atoms with Gasteiger partial charge in [0.1, 0.15) is 5.82 Å². The molecule has 0 aliphatic heterocycles. The Morgan fingerprint density at radius 3 is 2.09 bits per heavy atom. The van der Waals surface area contributed by atoms with E-state index in [1.54, 1.807) is 30.6 Å². The molecule has 5 heteroatoms. The summed E-state index contributed by atoms with van der Waals surface area (Å²) in [6.45, 7) is 1.88. The Kier molecular flexibility index (Phi) is 6.38. The summed E-state index contributed by atoms with van der Waals surface area (Å²) >= 11 is 0. The summed E-state index contributed by atoms with van der Waals surface area (Å²) in [6, 6.07) is 24.9. The highest BCUT2D eigenvalue weighted by atomic mass is 19.1. The van der Waals surface area contributed by atoms with Crippen LogP contribution in [-0.2, 0) is 4.79 Å². The lowest BCUT2D eigenvalue weighted by molar-refractivity contribution is -0.117. The van der Waals surface area contributed by atoms with Gasteiger partial charge in [0.25, 0.3) is 0 Å². The first-order valence-electron chi connectivity index (χ1n) is 10.4. The van der Waals surface area contributed by atoms with Gasteiger partial charge in [-0.3, -0.25) is 9.78 Å².